The van der Waals surface area contributed by atoms with E-state index in [4.69, 9.17) is 46.4 Å². The molecule has 0 saturated heterocycles. The molecule has 2 aromatic heterocycles. The van der Waals surface area contributed by atoms with Crippen molar-refractivity contribution in [1.29, 1.82) is 0 Å². The maximum atomic E-state index is 13.9. The van der Waals surface area contributed by atoms with E-state index < -0.39 is 21.6 Å². The number of Topliss-reactive ketones (excluding diaryl/α,β-unsaturated/α-hetero) is 1. The lowest BCUT2D eigenvalue weighted by atomic mass is 9.71. The van der Waals surface area contributed by atoms with Gasteiger partial charge in [-0.25, -0.2) is 0 Å². The van der Waals surface area contributed by atoms with Crippen LogP contribution < -0.4 is 0 Å². The summed E-state index contributed by atoms with van der Waals surface area (Å²) in [4.78, 5) is 19.8. The fourth-order valence-corrected chi connectivity index (χ4v) is 4.92. The van der Waals surface area contributed by atoms with Gasteiger partial charge >= 0.3 is 0 Å². The first-order valence-corrected chi connectivity index (χ1v) is 10.7. The number of alkyl halides is 2. The summed E-state index contributed by atoms with van der Waals surface area (Å²) in [5.74, 6) is -1.73. The van der Waals surface area contributed by atoms with Crippen LogP contribution in [0.1, 0.15) is 11.1 Å². The first-order chi connectivity index (χ1) is 14.3. The Kier molecular flexibility index (Phi) is 5.91. The molecule has 0 aromatic carbocycles. The van der Waals surface area contributed by atoms with E-state index in [9.17, 15) is 4.79 Å². The zero-order valence-corrected chi connectivity index (χ0v) is 18.6. The zero-order valence-electron chi connectivity index (χ0n) is 15.6. The molecule has 2 heterocycles. The maximum Gasteiger partial charge on any atom is 0.151 e. The van der Waals surface area contributed by atoms with Crippen LogP contribution in [0.25, 0.3) is 0 Å². The van der Waals surface area contributed by atoms with Crippen LogP contribution in [0.5, 0.6) is 0 Å². The summed E-state index contributed by atoms with van der Waals surface area (Å²) in [5.41, 5.74) is 1.47. The summed E-state index contributed by atoms with van der Waals surface area (Å²) in [6.07, 6.45) is 16.7. The van der Waals surface area contributed by atoms with Crippen LogP contribution in [-0.4, -0.2) is 15.8 Å². The Morgan fingerprint density at radius 2 is 1.10 bits per heavy atom. The first kappa shape index (κ1) is 21.3. The molecule has 0 amide bonds. The highest BCUT2D eigenvalue weighted by Gasteiger charge is 2.49. The van der Waals surface area contributed by atoms with Gasteiger partial charge in [0.05, 0.1) is 11.8 Å². The Hall–Kier alpha value is -1.91. The van der Waals surface area contributed by atoms with E-state index in [1.165, 1.54) is 0 Å². The monoisotopic (exact) mass is 476 g/mol. The van der Waals surface area contributed by atoms with Crippen molar-refractivity contribution in [3.63, 3.8) is 0 Å². The highest BCUT2D eigenvalue weighted by atomic mass is 35.5. The van der Waals surface area contributed by atoms with Crippen LogP contribution in [0.15, 0.2) is 95.6 Å². The second-order valence-electron chi connectivity index (χ2n) is 7.14. The minimum Gasteiger partial charge on any atom is -0.298 e. The minimum absolute atomic E-state index is 0.196. The number of aromatic nitrogens is 2. The summed E-state index contributed by atoms with van der Waals surface area (Å²) < 4.78 is 0. The topological polar surface area (TPSA) is 42.9 Å². The Bertz CT molecular complexity index is 995. The van der Waals surface area contributed by atoms with Crippen LogP contribution in [0.2, 0.25) is 0 Å². The number of hydrogen-bond acceptors (Lipinski definition) is 3. The SMILES string of the molecule is O=C(C1C=C(Cl)C=CC1(Cl)c1ccncc1)C1C=C(Cl)C=CC1(Cl)c1ccncc1. The molecule has 0 radical (unpaired) electrons. The highest BCUT2D eigenvalue weighted by Crippen LogP contribution is 2.49. The Morgan fingerprint density at radius 3 is 1.47 bits per heavy atom. The lowest BCUT2D eigenvalue weighted by Crippen LogP contribution is -2.43. The van der Waals surface area contributed by atoms with Gasteiger partial charge in [0.1, 0.15) is 9.75 Å². The smallest absolute Gasteiger partial charge is 0.151 e. The summed E-state index contributed by atoms with van der Waals surface area (Å²) in [6, 6.07) is 7.13. The average molecular weight is 478 g/mol. The predicted octanol–water partition coefficient (Wildman–Crippen LogP) is 6.23. The first-order valence-electron chi connectivity index (χ1n) is 9.20. The third-order valence-corrected chi connectivity index (χ3v) is 7.05. The number of rotatable bonds is 4. The Labute approximate surface area is 194 Å². The quantitative estimate of drug-likeness (QED) is 0.490. The summed E-state index contributed by atoms with van der Waals surface area (Å²) in [6.45, 7) is 0. The van der Waals surface area contributed by atoms with E-state index in [1.54, 1.807) is 85.5 Å². The third-order valence-electron chi connectivity index (χ3n) is 5.39. The van der Waals surface area contributed by atoms with E-state index in [-0.39, 0.29) is 5.78 Å². The van der Waals surface area contributed by atoms with E-state index >= 15 is 0 Å². The van der Waals surface area contributed by atoms with E-state index in [0.717, 1.165) is 11.1 Å². The predicted molar refractivity (Wildman–Crippen MR) is 122 cm³/mol. The molecule has 0 bridgehead atoms. The molecule has 0 saturated carbocycles. The molecule has 152 valence electrons. The van der Waals surface area contributed by atoms with Crippen molar-refractivity contribution in [2.75, 3.05) is 0 Å². The lowest BCUT2D eigenvalue weighted by Gasteiger charge is -2.39. The molecule has 0 spiro atoms. The Balaban J connectivity index is 1.81. The van der Waals surface area contributed by atoms with Gasteiger partial charge in [0.15, 0.2) is 5.78 Å². The van der Waals surface area contributed by atoms with Crippen LogP contribution in [0, 0.1) is 11.8 Å². The van der Waals surface area contributed by atoms with Crippen molar-refractivity contribution in [1.82, 2.24) is 9.97 Å². The van der Waals surface area contributed by atoms with Gasteiger partial charge in [0.25, 0.3) is 0 Å². The Morgan fingerprint density at radius 1 is 0.733 bits per heavy atom. The van der Waals surface area contributed by atoms with Crippen LogP contribution in [-0.2, 0) is 14.5 Å². The molecule has 0 aliphatic heterocycles. The molecule has 7 heteroatoms. The summed E-state index contributed by atoms with van der Waals surface area (Å²) >= 11 is 26.7. The fourth-order valence-electron chi connectivity index (χ4n) is 3.82. The molecule has 4 unspecified atom stereocenters. The van der Waals surface area contributed by atoms with Gasteiger partial charge in [-0.2, -0.15) is 0 Å². The number of allylic oxidation sites excluding steroid dienone is 8. The molecular weight excluding hydrogens is 462 g/mol. The van der Waals surface area contributed by atoms with Crippen molar-refractivity contribution < 1.29 is 4.79 Å². The standard InChI is InChI=1S/C23H16Cl4N2O/c24-17-1-7-22(26,15-3-9-28-10-4-15)19(13-17)21(30)20-14-18(25)2-8-23(20,27)16-5-11-29-12-6-16/h1-14,19-20H. The van der Waals surface area contributed by atoms with Crippen molar-refractivity contribution >= 4 is 52.2 Å². The highest BCUT2D eigenvalue weighted by molar-refractivity contribution is 6.34. The lowest BCUT2D eigenvalue weighted by molar-refractivity contribution is -0.125. The number of nitrogens with zero attached hydrogens (tertiary/aromatic N) is 2. The molecular formula is C23H16Cl4N2O. The summed E-state index contributed by atoms with van der Waals surface area (Å²) in [7, 11) is 0. The van der Waals surface area contributed by atoms with Gasteiger partial charge in [-0.3, -0.25) is 14.8 Å². The zero-order chi connectivity index (χ0) is 21.4. The third kappa shape index (κ3) is 3.76. The van der Waals surface area contributed by atoms with Gasteiger partial charge in [-0.05, 0) is 47.5 Å². The van der Waals surface area contributed by atoms with Crippen molar-refractivity contribution in [2.45, 2.75) is 9.75 Å². The van der Waals surface area contributed by atoms with Gasteiger partial charge in [-0.15, -0.1) is 23.2 Å². The molecule has 2 aliphatic rings. The fraction of sp³-hybridized carbons (Fsp3) is 0.174. The van der Waals surface area contributed by atoms with Crippen LogP contribution in [0.4, 0.5) is 0 Å². The van der Waals surface area contributed by atoms with Crippen molar-refractivity contribution in [3.8, 4) is 0 Å². The van der Waals surface area contributed by atoms with E-state index in [1.807, 2.05) is 0 Å². The van der Waals surface area contributed by atoms with Gasteiger partial charge in [0, 0.05) is 34.9 Å². The van der Waals surface area contributed by atoms with Gasteiger partial charge in [0.2, 0.25) is 0 Å². The van der Waals surface area contributed by atoms with Crippen LogP contribution in [0.3, 0.4) is 0 Å². The second-order valence-corrected chi connectivity index (χ2v) is 9.26. The number of carbonyl (C=O) groups excluding carboxylic acids is 1. The van der Waals surface area contributed by atoms with E-state index in [0.29, 0.717) is 10.1 Å². The molecule has 2 aromatic rings. The number of hydrogen-bond donors (Lipinski definition) is 0. The molecule has 4 rings (SSSR count). The van der Waals surface area contributed by atoms with Gasteiger partial charge in [-0.1, -0.05) is 47.5 Å². The second kappa shape index (κ2) is 8.32. The molecule has 4 atom stereocenters. The maximum absolute atomic E-state index is 13.9. The molecule has 0 fully saturated rings. The molecule has 30 heavy (non-hydrogen) atoms. The van der Waals surface area contributed by atoms with E-state index in [2.05, 4.69) is 9.97 Å². The largest absolute Gasteiger partial charge is 0.298 e. The van der Waals surface area contributed by atoms with Crippen molar-refractivity contribution in [2.24, 2.45) is 11.8 Å². The molecule has 2 aliphatic carbocycles. The molecule has 3 nitrogen and oxygen atoms in total. The number of carbonyl (C=O) groups is 1. The number of ketones is 1. The minimum atomic E-state index is -1.13. The van der Waals surface area contributed by atoms with Crippen molar-refractivity contribution in [3.05, 3.63) is 107 Å². The van der Waals surface area contributed by atoms with Crippen LogP contribution >= 0.6 is 46.4 Å². The summed E-state index contributed by atoms with van der Waals surface area (Å²) in [5, 5.41) is 0.869. The normalized spacial score (nSPS) is 30.5. The number of pyridine rings is 2. The average Bonchev–Trinajstić information content (AvgIpc) is 2.78. The van der Waals surface area contributed by atoms with Gasteiger partial charge < -0.3 is 0 Å². The number of halogens is 4. The molecule has 0 N–H and O–H groups in total.